The molecule has 0 radical (unpaired) electrons. The molecule has 10 heteroatoms. The topological polar surface area (TPSA) is 119 Å². The van der Waals surface area contributed by atoms with E-state index in [1.165, 1.54) is 14.0 Å². The highest BCUT2D eigenvalue weighted by Crippen LogP contribution is 1.96. The van der Waals surface area contributed by atoms with Crippen LogP contribution in [0.4, 0.5) is 9.59 Å². The van der Waals surface area contributed by atoms with Crippen LogP contribution in [0, 0.1) is 0 Å². The van der Waals surface area contributed by atoms with Gasteiger partial charge in [0.25, 0.3) is 0 Å². The minimum atomic E-state index is -0.859. The normalized spacial score (nSPS) is 12.7. The molecule has 0 aliphatic rings. The van der Waals surface area contributed by atoms with Crippen LogP contribution in [0.3, 0.4) is 0 Å². The minimum Gasteiger partial charge on any atom is -0.432 e. The largest absolute Gasteiger partial charge is 0.508 e. The molecule has 0 fully saturated rings. The van der Waals surface area contributed by atoms with Gasteiger partial charge < -0.3 is 38.3 Å². The van der Waals surface area contributed by atoms with Gasteiger partial charge in [-0.1, -0.05) is 27.7 Å². The molecule has 10 nitrogen and oxygen atoms in total. The zero-order valence-electron chi connectivity index (χ0n) is 19.8. The first kappa shape index (κ1) is 33.0. The van der Waals surface area contributed by atoms with Crippen molar-refractivity contribution in [2.75, 3.05) is 53.4 Å². The molecule has 0 aliphatic carbocycles. The highest BCUT2D eigenvalue weighted by atomic mass is 16.7. The van der Waals surface area contributed by atoms with Crippen molar-refractivity contribution < 1.29 is 47.9 Å². The lowest BCUT2D eigenvalue weighted by molar-refractivity contribution is -0.0420. The maximum absolute atomic E-state index is 11.2. The van der Waals surface area contributed by atoms with E-state index >= 15 is 0 Å². The Morgan fingerprint density at radius 1 is 0.700 bits per heavy atom. The van der Waals surface area contributed by atoms with Crippen LogP contribution in [0.5, 0.6) is 0 Å². The highest BCUT2D eigenvalue weighted by Gasteiger charge is 2.09. The molecule has 0 aromatic carbocycles. The van der Waals surface area contributed by atoms with E-state index in [-0.39, 0.29) is 58.5 Å². The van der Waals surface area contributed by atoms with E-state index < -0.39 is 18.4 Å². The molecule has 3 unspecified atom stereocenters. The van der Waals surface area contributed by atoms with Crippen LogP contribution in [0.2, 0.25) is 0 Å². The second-order valence-electron chi connectivity index (χ2n) is 5.47. The van der Waals surface area contributed by atoms with Gasteiger partial charge in [-0.15, -0.1) is 0 Å². The quantitative estimate of drug-likeness (QED) is 0.317. The number of aliphatic hydroxyl groups is 1. The van der Waals surface area contributed by atoms with Gasteiger partial charge in [-0.05, 0) is 20.8 Å². The molecule has 182 valence electrons. The molecule has 1 N–H and O–H groups in total. The molecule has 0 aromatic rings. The fourth-order valence-electron chi connectivity index (χ4n) is 1.38. The minimum absolute atomic E-state index is 0.0280. The Balaban J connectivity index is -0.00000171. The summed E-state index contributed by atoms with van der Waals surface area (Å²) in [5, 5.41) is 8.94. The number of rotatable bonds is 14. The number of hydrogen-bond acceptors (Lipinski definition) is 10. The molecule has 0 spiro atoms. The zero-order valence-corrected chi connectivity index (χ0v) is 19.8. The van der Waals surface area contributed by atoms with Gasteiger partial charge >= 0.3 is 12.3 Å². The SMILES string of the molecule is CC.CC.COC(C)COC(=O)OCCOC(C)COCCOC(=O)OCC(C)O. The fourth-order valence-corrected chi connectivity index (χ4v) is 1.38. The van der Waals surface area contributed by atoms with Gasteiger partial charge in [-0.3, -0.25) is 0 Å². The second-order valence-corrected chi connectivity index (χ2v) is 5.47. The van der Waals surface area contributed by atoms with Gasteiger partial charge in [-0.25, -0.2) is 9.59 Å². The van der Waals surface area contributed by atoms with Crippen molar-refractivity contribution in [1.29, 1.82) is 0 Å². The Kier molecular flexibility index (Phi) is 28.0. The van der Waals surface area contributed by atoms with Crippen molar-refractivity contribution in [2.45, 2.75) is 66.8 Å². The third-order valence-corrected chi connectivity index (χ3v) is 2.79. The van der Waals surface area contributed by atoms with Crippen LogP contribution < -0.4 is 0 Å². The Morgan fingerprint density at radius 2 is 1.20 bits per heavy atom. The summed E-state index contributed by atoms with van der Waals surface area (Å²) >= 11 is 0. The van der Waals surface area contributed by atoms with E-state index in [1.807, 2.05) is 27.7 Å². The first-order valence-electron chi connectivity index (χ1n) is 10.3. The molecule has 0 aliphatic heterocycles. The summed E-state index contributed by atoms with van der Waals surface area (Å²) in [7, 11) is 1.52. The molecule has 0 amide bonds. The Hall–Kier alpha value is -1.62. The summed E-state index contributed by atoms with van der Waals surface area (Å²) in [5.74, 6) is 0. The Bertz CT molecular complexity index is 377. The number of carbonyl (C=O) groups excluding carboxylic acids is 2. The lowest BCUT2D eigenvalue weighted by Crippen LogP contribution is -2.23. The molecule has 0 rings (SSSR count). The third-order valence-electron chi connectivity index (χ3n) is 2.79. The van der Waals surface area contributed by atoms with E-state index in [9.17, 15) is 9.59 Å². The molecule has 30 heavy (non-hydrogen) atoms. The summed E-state index contributed by atoms with van der Waals surface area (Å²) in [5.41, 5.74) is 0. The molecular formula is C20H42O10. The molecule has 0 aromatic heterocycles. The number of ether oxygens (including phenoxy) is 7. The van der Waals surface area contributed by atoms with Gasteiger partial charge in [0.15, 0.2) is 0 Å². The zero-order chi connectivity index (χ0) is 23.8. The van der Waals surface area contributed by atoms with Crippen LogP contribution in [-0.2, 0) is 33.2 Å². The Labute approximate surface area is 181 Å². The smallest absolute Gasteiger partial charge is 0.432 e. The summed E-state index contributed by atoms with van der Waals surface area (Å²) in [6, 6.07) is 0. The second kappa shape index (κ2) is 25.4. The van der Waals surface area contributed by atoms with E-state index in [4.69, 9.17) is 33.5 Å². The van der Waals surface area contributed by atoms with Gasteiger partial charge in [0.1, 0.15) is 26.4 Å². The van der Waals surface area contributed by atoms with Crippen molar-refractivity contribution in [3.63, 3.8) is 0 Å². The van der Waals surface area contributed by atoms with E-state index in [2.05, 4.69) is 4.74 Å². The van der Waals surface area contributed by atoms with E-state index in [0.29, 0.717) is 0 Å². The van der Waals surface area contributed by atoms with Gasteiger partial charge in [-0.2, -0.15) is 0 Å². The van der Waals surface area contributed by atoms with Crippen LogP contribution in [0.25, 0.3) is 0 Å². The highest BCUT2D eigenvalue weighted by molar-refractivity contribution is 5.60. The standard InChI is InChI=1S/C16H30O10.2C2H6/c1-12(17)9-25-15(18)23-6-5-21-10-14(3)22-7-8-24-16(19)26-11-13(2)20-4;2*1-2/h12-14,17H,5-11H2,1-4H3;2*1-2H3. The van der Waals surface area contributed by atoms with Crippen LogP contribution in [-0.4, -0.2) is 89.1 Å². The third kappa shape index (κ3) is 26.4. The molecule has 3 atom stereocenters. The molecule has 0 heterocycles. The van der Waals surface area contributed by atoms with Crippen molar-refractivity contribution >= 4 is 12.3 Å². The lowest BCUT2D eigenvalue weighted by atomic mass is 10.4. The lowest BCUT2D eigenvalue weighted by Gasteiger charge is -2.14. The van der Waals surface area contributed by atoms with E-state index in [0.717, 1.165) is 0 Å². The van der Waals surface area contributed by atoms with Gasteiger partial charge in [0.05, 0.1) is 38.1 Å². The molecule has 0 saturated heterocycles. The molecule has 0 saturated carbocycles. The van der Waals surface area contributed by atoms with Crippen LogP contribution >= 0.6 is 0 Å². The number of methoxy groups -OCH3 is 1. The first-order chi connectivity index (χ1) is 14.3. The number of carbonyl (C=O) groups is 2. The summed E-state index contributed by atoms with van der Waals surface area (Å²) < 4.78 is 34.6. The van der Waals surface area contributed by atoms with Crippen molar-refractivity contribution in [3.8, 4) is 0 Å². The predicted octanol–water partition coefficient (Wildman–Crippen LogP) is 3.18. The van der Waals surface area contributed by atoms with Crippen molar-refractivity contribution in [3.05, 3.63) is 0 Å². The fraction of sp³-hybridized carbons (Fsp3) is 0.900. The average Bonchev–Trinajstić information content (AvgIpc) is 2.76. The predicted molar refractivity (Wildman–Crippen MR) is 112 cm³/mol. The van der Waals surface area contributed by atoms with Crippen LogP contribution in [0.15, 0.2) is 0 Å². The summed E-state index contributed by atoms with van der Waals surface area (Å²) in [4.78, 5) is 22.3. The van der Waals surface area contributed by atoms with Crippen LogP contribution in [0.1, 0.15) is 48.5 Å². The number of aliphatic hydroxyl groups excluding tert-OH is 1. The maximum Gasteiger partial charge on any atom is 0.508 e. The first-order valence-corrected chi connectivity index (χ1v) is 10.3. The average molecular weight is 443 g/mol. The van der Waals surface area contributed by atoms with E-state index in [1.54, 1.807) is 13.8 Å². The monoisotopic (exact) mass is 442 g/mol. The number of hydrogen-bond donors (Lipinski definition) is 1. The summed E-state index contributed by atoms with van der Waals surface area (Å²) in [6.07, 6.45) is -2.80. The van der Waals surface area contributed by atoms with Gasteiger partial charge in [0.2, 0.25) is 0 Å². The van der Waals surface area contributed by atoms with Crippen molar-refractivity contribution in [1.82, 2.24) is 0 Å². The summed E-state index contributed by atoms with van der Waals surface area (Å²) in [6.45, 7) is 13.8. The molecule has 0 bridgehead atoms. The molecular weight excluding hydrogens is 400 g/mol. The van der Waals surface area contributed by atoms with Crippen molar-refractivity contribution in [2.24, 2.45) is 0 Å². The maximum atomic E-state index is 11.2. The van der Waals surface area contributed by atoms with Gasteiger partial charge in [0, 0.05) is 7.11 Å². The Morgan fingerprint density at radius 3 is 1.70 bits per heavy atom.